The second-order valence-corrected chi connectivity index (χ2v) is 19.9. The second-order valence-electron chi connectivity index (χ2n) is 19.9. The third-order valence-corrected chi connectivity index (χ3v) is 12.5. The monoisotopic (exact) mass is 827 g/mol. The van der Waals surface area contributed by atoms with E-state index in [1.165, 1.54) is 21.9 Å². The standard InChI is InChI=1S/C58H52N4O.Li/c1-36(43-31-38(56(2,3)4)32-44-45-33-39(57(5,6)7)34-46(58(8,9)10)54(45)63-53(43)44)60-55(37-21-12-11-13-22-37)59-35-61-47-26-17-16-25-42(47)52-50(61)29-20-30-51(52)62-48-27-18-14-23-40(48)41-24-15-19-28-49(41)62;/h1,11-34H,2-10H3;/q-2;+1. The largest absolute Gasteiger partial charge is 1.00 e. The van der Waals surface area contributed by atoms with Crippen LogP contribution in [0.25, 0.3) is 76.9 Å². The first-order valence-electron chi connectivity index (χ1n) is 21.9. The van der Waals surface area contributed by atoms with Crippen molar-refractivity contribution in [2.45, 2.75) is 78.6 Å². The van der Waals surface area contributed by atoms with Crippen molar-refractivity contribution < 1.29 is 23.3 Å². The normalized spacial score (nSPS) is 13.0. The topological polar surface area (TPSA) is 47.7 Å². The Hall–Kier alpha value is -6.38. The molecule has 6 heteroatoms. The zero-order chi connectivity index (χ0) is 44.0. The third kappa shape index (κ3) is 7.22. The molecule has 0 aliphatic carbocycles. The molecule has 10 aromatic rings. The van der Waals surface area contributed by atoms with Crippen molar-refractivity contribution in [3.8, 4) is 5.69 Å². The van der Waals surface area contributed by atoms with Crippen LogP contribution >= 0.6 is 0 Å². The van der Waals surface area contributed by atoms with Gasteiger partial charge < -0.3 is 23.5 Å². The molecular formula is C58H52LiN4O-. The fraction of sp³-hybridized carbons (Fsp3) is 0.207. The Bertz CT molecular complexity index is 3470. The first-order valence-corrected chi connectivity index (χ1v) is 21.9. The molecule has 0 atom stereocenters. The molecule has 0 unspecified atom stereocenters. The molecule has 0 bridgehead atoms. The molecule has 0 amide bonds. The summed E-state index contributed by atoms with van der Waals surface area (Å²) < 4.78 is 11.4. The number of benzene rings is 7. The Morgan fingerprint density at radius 3 is 1.67 bits per heavy atom. The van der Waals surface area contributed by atoms with Gasteiger partial charge in [0, 0.05) is 39.1 Å². The van der Waals surface area contributed by atoms with Gasteiger partial charge in [-0.1, -0.05) is 177 Å². The average molecular weight is 828 g/mol. The van der Waals surface area contributed by atoms with E-state index in [0.717, 1.165) is 77.2 Å². The van der Waals surface area contributed by atoms with Crippen molar-refractivity contribution in [1.82, 2.24) is 9.13 Å². The van der Waals surface area contributed by atoms with Crippen LogP contribution in [0.1, 0.15) is 90.1 Å². The van der Waals surface area contributed by atoms with Gasteiger partial charge in [0.25, 0.3) is 0 Å². The van der Waals surface area contributed by atoms with Crippen LogP contribution in [0.15, 0.2) is 160 Å². The van der Waals surface area contributed by atoms with Gasteiger partial charge in [0.1, 0.15) is 5.58 Å². The van der Waals surface area contributed by atoms with Crippen LogP contribution in [0.4, 0.5) is 0 Å². The molecule has 0 fully saturated rings. The maximum absolute atomic E-state index is 7.22. The van der Waals surface area contributed by atoms with Gasteiger partial charge in [0.15, 0.2) is 0 Å². The maximum atomic E-state index is 7.22. The number of rotatable bonds is 5. The van der Waals surface area contributed by atoms with Crippen molar-refractivity contribution in [3.63, 3.8) is 0 Å². The summed E-state index contributed by atoms with van der Waals surface area (Å²) in [6.45, 7) is 27.5. The molecule has 0 radical (unpaired) electrons. The molecule has 7 aromatic carbocycles. The Morgan fingerprint density at radius 2 is 1.06 bits per heavy atom. The predicted molar refractivity (Wildman–Crippen MR) is 267 cm³/mol. The van der Waals surface area contributed by atoms with Gasteiger partial charge in [-0.05, 0) is 79.5 Å². The fourth-order valence-corrected chi connectivity index (χ4v) is 9.08. The van der Waals surface area contributed by atoms with Crippen molar-refractivity contribution in [2.24, 2.45) is 9.98 Å². The summed E-state index contributed by atoms with van der Waals surface area (Å²) in [5, 5.41) is 6.78. The summed E-state index contributed by atoms with van der Waals surface area (Å²) >= 11 is 0. The van der Waals surface area contributed by atoms with E-state index in [9.17, 15) is 0 Å². The van der Waals surface area contributed by atoms with Crippen LogP contribution in [0.3, 0.4) is 0 Å². The summed E-state index contributed by atoms with van der Waals surface area (Å²) in [5.74, 6) is 0.438. The predicted octanol–water partition coefficient (Wildman–Crippen LogP) is 12.4. The first-order chi connectivity index (χ1) is 30.1. The minimum atomic E-state index is -0.173. The molecule has 10 rings (SSSR count). The fourth-order valence-electron chi connectivity index (χ4n) is 9.08. The van der Waals surface area contributed by atoms with Crippen molar-refractivity contribution in [2.75, 3.05) is 0 Å². The van der Waals surface area contributed by atoms with Crippen LogP contribution in [-0.2, 0) is 16.2 Å². The zero-order valence-corrected chi connectivity index (χ0v) is 38.6. The zero-order valence-electron chi connectivity index (χ0n) is 38.6. The molecule has 3 aromatic heterocycles. The van der Waals surface area contributed by atoms with Crippen molar-refractivity contribution in [1.29, 1.82) is 0 Å². The minimum absolute atomic E-state index is 0. The smallest absolute Gasteiger partial charge is 0.474 e. The number of aromatic nitrogens is 2. The molecule has 64 heavy (non-hydrogen) atoms. The van der Waals surface area contributed by atoms with E-state index in [2.05, 4.69) is 193 Å². The van der Waals surface area contributed by atoms with Gasteiger partial charge in [-0.2, -0.15) is 0 Å². The third-order valence-electron chi connectivity index (χ3n) is 12.5. The molecule has 312 valence electrons. The number of aliphatic imine (C=N–C) groups is 2. The molecule has 0 spiro atoms. The van der Waals surface area contributed by atoms with Gasteiger partial charge in [0.05, 0.1) is 22.5 Å². The number of hydrogen-bond acceptors (Lipinski definition) is 2. The summed E-state index contributed by atoms with van der Waals surface area (Å²) in [4.78, 5) is 10.3. The SMILES string of the molecule is [CH-]=C(N=C(N=[C-]n1c2ccccc2c2c(-n3c4ccccc4c4ccccc43)cccc21)c1ccccc1)c1cc(C(C)(C)C)cc2c1oc1c(C(C)(C)C)cc(C(C)(C)C)cc12.[Li+]. The van der Waals surface area contributed by atoms with Crippen LogP contribution in [0.2, 0.25) is 0 Å². The summed E-state index contributed by atoms with van der Waals surface area (Å²) in [6.07, 6.45) is 3.46. The summed E-state index contributed by atoms with van der Waals surface area (Å²) in [5.41, 5.74) is 12.0. The van der Waals surface area contributed by atoms with E-state index in [-0.39, 0.29) is 35.1 Å². The van der Waals surface area contributed by atoms with Gasteiger partial charge in [-0.15, -0.1) is 17.3 Å². The molecule has 3 heterocycles. The number of fused-ring (bicyclic) bond motifs is 9. The Balaban J connectivity index is 0.00000518. The van der Waals surface area contributed by atoms with Crippen molar-refractivity contribution in [3.05, 3.63) is 180 Å². The van der Waals surface area contributed by atoms with E-state index in [1.807, 2.05) is 30.3 Å². The molecule has 0 saturated heterocycles. The molecule has 0 aliphatic rings. The molecule has 0 aliphatic heterocycles. The number of para-hydroxylation sites is 3. The second kappa shape index (κ2) is 15.7. The van der Waals surface area contributed by atoms with Gasteiger partial charge in [-0.25, -0.2) is 0 Å². The average Bonchev–Trinajstić information content (AvgIpc) is 3.91. The minimum Gasteiger partial charge on any atom is -0.474 e. The van der Waals surface area contributed by atoms with Crippen LogP contribution in [0.5, 0.6) is 0 Å². The number of amidine groups is 1. The van der Waals surface area contributed by atoms with Crippen LogP contribution < -0.4 is 18.9 Å². The molecule has 0 N–H and O–H groups in total. The Labute approximate surface area is 388 Å². The Kier molecular flexibility index (Phi) is 10.5. The summed E-state index contributed by atoms with van der Waals surface area (Å²) in [7, 11) is 0. The van der Waals surface area contributed by atoms with E-state index < -0.39 is 0 Å². The molecule has 0 saturated carbocycles. The number of hydrogen-bond donors (Lipinski definition) is 0. The van der Waals surface area contributed by atoms with Gasteiger partial charge >= 0.3 is 18.9 Å². The van der Waals surface area contributed by atoms with E-state index in [0.29, 0.717) is 11.5 Å². The van der Waals surface area contributed by atoms with Crippen LogP contribution in [-0.4, -0.2) is 21.3 Å². The van der Waals surface area contributed by atoms with Crippen LogP contribution in [0, 0.1) is 6.58 Å². The van der Waals surface area contributed by atoms with E-state index in [1.54, 1.807) is 0 Å². The molecule has 5 nitrogen and oxygen atoms in total. The number of furan rings is 1. The van der Waals surface area contributed by atoms with Crippen molar-refractivity contribution >= 4 is 83.4 Å². The number of nitrogens with zero attached hydrogens (tertiary/aromatic N) is 4. The maximum Gasteiger partial charge on any atom is 1.00 e. The summed E-state index contributed by atoms with van der Waals surface area (Å²) in [6, 6.07) is 51.2. The molecular weight excluding hydrogens is 776 g/mol. The van der Waals surface area contributed by atoms with E-state index >= 15 is 0 Å². The van der Waals surface area contributed by atoms with Gasteiger partial charge in [0.2, 0.25) is 0 Å². The first kappa shape index (κ1) is 42.9. The Morgan fingerprint density at radius 1 is 0.531 bits per heavy atom. The quantitative estimate of drug-likeness (QED) is 0.0738. The van der Waals surface area contributed by atoms with E-state index in [4.69, 9.17) is 21.0 Å². The van der Waals surface area contributed by atoms with Gasteiger partial charge in [-0.3, -0.25) is 6.58 Å².